The molecule has 0 spiro atoms. The number of hydrogen-bond acceptors (Lipinski definition) is 3. The van der Waals surface area contributed by atoms with Crippen LogP contribution in [0.5, 0.6) is 5.75 Å². The molecule has 0 saturated carbocycles. The van der Waals surface area contributed by atoms with Gasteiger partial charge in [0, 0.05) is 17.5 Å². The predicted octanol–water partition coefficient (Wildman–Crippen LogP) is 6.41. The van der Waals surface area contributed by atoms with Crippen LogP contribution < -0.4 is 0 Å². The van der Waals surface area contributed by atoms with Crippen LogP contribution in [0.1, 0.15) is 67.9 Å². The summed E-state index contributed by atoms with van der Waals surface area (Å²) < 4.78 is 2.08. The van der Waals surface area contributed by atoms with Gasteiger partial charge in [-0.05, 0) is 30.7 Å². The van der Waals surface area contributed by atoms with E-state index in [1.54, 1.807) is 6.07 Å². The number of aliphatic imine (C=N–C) groups is 1. The number of unbranched alkanes of at least 4 members (excludes halogenated alkanes) is 6. The van der Waals surface area contributed by atoms with E-state index in [1.165, 1.54) is 32.1 Å². The Balaban J connectivity index is 1.62. The summed E-state index contributed by atoms with van der Waals surface area (Å²) >= 11 is 0. The van der Waals surface area contributed by atoms with Crippen molar-refractivity contribution in [2.75, 3.05) is 0 Å². The molecular weight excluding hydrogens is 360 g/mol. The topological polar surface area (TPSA) is 54.6 Å². The van der Waals surface area contributed by atoms with Crippen molar-refractivity contribution in [2.24, 2.45) is 4.99 Å². The zero-order valence-electron chi connectivity index (χ0n) is 17.0. The summed E-state index contributed by atoms with van der Waals surface area (Å²) in [5.74, 6) is 0.0444. The molecule has 3 aromatic rings. The number of carbonyl (C=O) groups excluding carboxylic acids is 1. The largest absolute Gasteiger partial charge is 0.505 e. The van der Waals surface area contributed by atoms with Gasteiger partial charge in [-0.15, -0.1) is 0 Å². The Morgan fingerprint density at radius 1 is 0.897 bits per heavy atom. The zero-order chi connectivity index (χ0) is 20.2. The third-order valence-electron chi connectivity index (χ3n) is 5.75. The second-order valence-electron chi connectivity index (χ2n) is 7.79. The van der Waals surface area contributed by atoms with E-state index in [4.69, 9.17) is 0 Å². The molecule has 4 rings (SSSR count). The summed E-state index contributed by atoms with van der Waals surface area (Å²) in [6.45, 7) is 3.00. The Kier molecular flexibility index (Phi) is 5.79. The van der Waals surface area contributed by atoms with Gasteiger partial charge in [0.15, 0.2) is 5.75 Å². The number of ketones is 1. The number of Topliss-reactive ketones (excluding diaryl/α,β-unsaturated/α-hetero) is 1. The van der Waals surface area contributed by atoms with Crippen molar-refractivity contribution in [1.29, 1.82) is 0 Å². The number of benzene rings is 2. The van der Waals surface area contributed by atoms with Gasteiger partial charge < -0.3 is 9.67 Å². The normalized spacial score (nSPS) is 13.1. The first-order valence-electron chi connectivity index (χ1n) is 10.8. The van der Waals surface area contributed by atoms with Crippen LogP contribution in [0.3, 0.4) is 0 Å². The predicted molar refractivity (Wildman–Crippen MR) is 119 cm³/mol. The van der Waals surface area contributed by atoms with Crippen molar-refractivity contribution >= 4 is 28.1 Å². The van der Waals surface area contributed by atoms with E-state index in [0.29, 0.717) is 22.7 Å². The molecule has 0 saturated heterocycles. The van der Waals surface area contributed by atoms with Crippen LogP contribution in [-0.2, 0) is 6.54 Å². The maximum Gasteiger partial charge on any atom is 0.215 e. The molecule has 4 nitrogen and oxygen atoms in total. The minimum atomic E-state index is -0.112. The molecular formula is C25H28N2O2. The summed E-state index contributed by atoms with van der Waals surface area (Å²) in [7, 11) is 0. The van der Waals surface area contributed by atoms with Gasteiger partial charge in [-0.25, -0.2) is 4.99 Å². The second-order valence-corrected chi connectivity index (χ2v) is 7.79. The van der Waals surface area contributed by atoms with Crippen molar-refractivity contribution in [2.45, 2.75) is 58.4 Å². The molecule has 1 N–H and O–H groups in total. The van der Waals surface area contributed by atoms with Crippen molar-refractivity contribution in [3.63, 3.8) is 0 Å². The highest BCUT2D eigenvalue weighted by atomic mass is 16.3. The van der Waals surface area contributed by atoms with Crippen LogP contribution >= 0.6 is 0 Å². The minimum Gasteiger partial charge on any atom is -0.505 e. The number of fused-ring (bicyclic) bond motifs is 2. The van der Waals surface area contributed by atoms with E-state index in [-0.39, 0.29) is 11.5 Å². The number of carbonyl (C=O) groups is 1. The van der Waals surface area contributed by atoms with Gasteiger partial charge >= 0.3 is 0 Å². The van der Waals surface area contributed by atoms with Gasteiger partial charge in [-0.3, -0.25) is 4.79 Å². The summed E-state index contributed by atoms with van der Waals surface area (Å²) in [5.41, 5.74) is 3.15. The molecule has 0 radical (unpaired) electrons. The number of rotatable bonds is 9. The highest BCUT2D eigenvalue weighted by Gasteiger charge is 2.31. The molecule has 0 atom stereocenters. The van der Waals surface area contributed by atoms with Gasteiger partial charge in [0.2, 0.25) is 5.78 Å². The van der Waals surface area contributed by atoms with E-state index in [2.05, 4.69) is 16.5 Å². The maximum absolute atomic E-state index is 13.0. The molecule has 2 aromatic carbocycles. The summed E-state index contributed by atoms with van der Waals surface area (Å²) in [4.78, 5) is 17.6. The minimum absolute atomic E-state index is 0.112. The van der Waals surface area contributed by atoms with Crippen LogP contribution in [-0.4, -0.2) is 21.2 Å². The molecule has 0 bridgehead atoms. The molecule has 1 aliphatic heterocycles. The highest BCUT2D eigenvalue weighted by Crippen LogP contribution is 2.37. The van der Waals surface area contributed by atoms with Crippen molar-refractivity contribution < 1.29 is 9.90 Å². The molecule has 0 amide bonds. The lowest BCUT2D eigenvalue weighted by atomic mass is 10.1. The van der Waals surface area contributed by atoms with Gasteiger partial charge in [0.1, 0.15) is 11.4 Å². The first-order valence-corrected chi connectivity index (χ1v) is 10.8. The Bertz CT molecular complexity index is 1060. The molecule has 1 aliphatic rings. The quantitative estimate of drug-likeness (QED) is 0.430. The average molecular weight is 389 g/mol. The van der Waals surface area contributed by atoms with E-state index in [0.717, 1.165) is 30.3 Å². The molecule has 29 heavy (non-hydrogen) atoms. The Morgan fingerprint density at radius 2 is 1.59 bits per heavy atom. The Hall–Kier alpha value is -2.88. The van der Waals surface area contributed by atoms with Crippen LogP contribution in [0.2, 0.25) is 0 Å². The van der Waals surface area contributed by atoms with E-state index in [1.807, 2.05) is 42.5 Å². The van der Waals surface area contributed by atoms with Gasteiger partial charge in [-0.2, -0.15) is 0 Å². The number of nitrogens with zero attached hydrogens (tertiary/aromatic N) is 2. The number of aryl methyl sites for hydroxylation is 1. The smallest absolute Gasteiger partial charge is 0.215 e. The maximum atomic E-state index is 13.0. The molecule has 0 aliphatic carbocycles. The van der Waals surface area contributed by atoms with Crippen LogP contribution in [0.25, 0.3) is 10.9 Å². The zero-order valence-corrected chi connectivity index (χ0v) is 17.0. The molecule has 150 valence electrons. The molecule has 2 heterocycles. The van der Waals surface area contributed by atoms with Crippen molar-refractivity contribution in [1.82, 2.24) is 4.57 Å². The van der Waals surface area contributed by atoms with E-state index < -0.39 is 0 Å². The average Bonchev–Trinajstić information content (AvgIpc) is 3.22. The Labute approximate surface area is 171 Å². The van der Waals surface area contributed by atoms with E-state index in [9.17, 15) is 9.90 Å². The second kappa shape index (κ2) is 8.64. The fourth-order valence-electron chi connectivity index (χ4n) is 4.21. The SMILES string of the molecule is CCCCCCCCCn1c(C2=Nc3ccccc3C2=O)c(O)c2ccccc21. The Morgan fingerprint density at radius 3 is 2.38 bits per heavy atom. The first kappa shape index (κ1) is 19.4. The first-order chi connectivity index (χ1) is 14.2. The summed E-state index contributed by atoms with van der Waals surface area (Å²) in [6, 6.07) is 15.2. The summed E-state index contributed by atoms with van der Waals surface area (Å²) in [5, 5.41) is 11.7. The molecule has 0 fully saturated rings. The number of aromatic nitrogens is 1. The number of aromatic hydroxyl groups is 1. The van der Waals surface area contributed by atoms with Gasteiger partial charge in [0.05, 0.1) is 11.2 Å². The van der Waals surface area contributed by atoms with Gasteiger partial charge in [-0.1, -0.05) is 69.7 Å². The van der Waals surface area contributed by atoms with Gasteiger partial charge in [0.25, 0.3) is 0 Å². The lowest BCUT2D eigenvalue weighted by Gasteiger charge is -2.10. The monoisotopic (exact) mass is 388 g/mol. The standard InChI is InChI=1S/C25H28N2O2/c1-2-3-4-5-6-7-12-17-27-21-16-11-9-14-19(21)25(29)23(27)22-24(28)18-13-8-10-15-20(18)26-22/h8-11,13-16,29H,2-7,12,17H2,1H3. The fraction of sp³-hybridized carbons (Fsp3) is 0.360. The van der Waals surface area contributed by atoms with Crippen LogP contribution in [0.4, 0.5) is 5.69 Å². The molecule has 0 unspecified atom stereocenters. The van der Waals surface area contributed by atoms with Crippen LogP contribution in [0, 0.1) is 0 Å². The highest BCUT2D eigenvalue weighted by molar-refractivity contribution is 6.55. The lowest BCUT2D eigenvalue weighted by molar-refractivity contribution is 0.106. The summed E-state index contributed by atoms with van der Waals surface area (Å²) in [6.07, 6.45) is 8.55. The van der Waals surface area contributed by atoms with Crippen molar-refractivity contribution in [3.8, 4) is 5.75 Å². The lowest BCUT2D eigenvalue weighted by Crippen LogP contribution is -2.16. The number of hydrogen-bond donors (Lipinski definition) is 1. The van der Waals surface area contributed by atoms with E-state index >= 15 is 0 Å². The van der Waals surface area contributed by atoms with Crippen molar-refractivity contribution in [3.05, 3.63) is 59.8 Å². The fourth-order valence-corrected chi connectivity index (χ4v) is 4.21. The number of para-hydroxylation sites is 2. The van der Waals surface area contributed by atoms with Crippen LogP contribution in [0.15, 0.2) is 53.5 Å². The molecule has 1 aromatic heterocycles. The molecule has 4 heteroatoms. The third kappa shape index (κ3) is 3.71. The third-order valence-corrected chi connectivity index (χ3v) is 5.75.